The first-order chi connectivity index (χ1) is 11.7. The summed E-state index contributed by atoms with van der Waals surface area (Å²) in [5.41, 5.74) is 0.574. The van der Waals surface area contributed by atoms with Crippen LogP contribution in [0.2, 0.25) is 0 Å². The largest absolute Gasteiger partial charge is 0.341 e. The van der Waals surface area contributed by atoms with Gasteiger partial charge in [-0.2, -0.15) is 10.4 Å². The zero-order valence-electron chi connectivity index (χ0n) is 13.9. The SMILES string of the molecule is CCC(C(=O)N1CCC(C#N)(c2ccccc2)CC1)n1cccn1. The van der Waals surface area contributed by atoms with Crippen LogP contribution in [0.3, 0.4) is 0 Å². The molecule has 5 nitrogen and oxygen atoms in total. The van der Waals surface area contributed by atoms with Crippen LogP contribution in [0, 0.1) is 11.3 Å². The van der Waals surface area contributed by atoms with Crippen LogP contribution in [0.15, 0.2) is 48.8 Å². The number of amides is 1. The molecule has 1 unspecified atom stereocenters. The third-order valence-electron chi connectivity index (χ3n) is 4.99. The van der Waals surface area contributed by atoms with Gasteiger partial charge in [-0.3, -0.25) is 9.48 Å². The van der Waals surface area contributed by atoms with Gasteiger partial charge in [-0.15, -0.1) is 0 Å². The Morgan fingerprint density at radius 2 is 2.00 bits per heavy atom. The van der Waals surface area contributed by atoms with Crippen LogP contribution in [0.25, 0.3) is 0 Å². The van der Waals surface area contributed by atoms with Gasteiger partial charge in [0.05, 0.1) is 11.5 Å². The van der Waals surface area contributed by atoms with E-state index in [0.29, 0.717) is 32.4 Å². The highest BCUT2D eigenvalue weighted by Gasteiger charge is 2.38. The molecule has 1 saturated heterocycles. The minimum atomic E-state index is -0.481. The molecule has 1 amide bonds. The van der Waals surface area contributed by atoms with E-state index in [-0.39, 0.29) is 11.9 Å². The lowest BCUT2D eigenvalue weighted by molar-refractivity contribution is -0.136. The van der Waals surface area contributed by atoms with Crippen molar-refractivity contribution in [3.63, 3.8) is 0 Å². The third-order valence-corrected chi connectivity index (χ3v) is 4.99. The number of nitrogens with zero attached hydrogens (tertiary/aromatic N) is 4. The molecule has 1 atom stereocenters. The molecule has 1 aromatic heterocycles. The van der Waals surface area contributed by atoms with Crippen molar-refractivity contribution in [2.24, 2.45) is 0 Å². The van der Waals surface area contributed by atoms with Gasteiger partial charge >= 0.3 is 0 Å². The van der Waals surface area contributed by atoms with Crippen molar-refractivity contribution in [3.8, 4) is 6.07 Å². The Hall–Kier alpha value is -2.61. The second-order valence-electron chi connectivity index (χ2n) is 6.30. The Kier molecular flexibility index (Phi) is 4.66. The molecule has 0 N–H and O–H groups in total. The topological polar surface area (TPSA) is 61.9 Å². The van der Waals surface area contributed by atoms with Crippen LogP contribution < -0.4 is 0 Å². The molecule has 0 radical (unpaired) electrons. The fourth-order valence-electron chi connectivity index (χ4n) is 3.48. The monoisotopic (exact) mass is 322 g/mol. The van der Waals surface area contributed by atoms with Crippen molar-refractivity contribution < 1.29 is 4.79 Å². The van der Waals surface area contributed by atoms with Gasteiger partial charge in [-0.1, -0.05) is 37.3 Å². The fraction of sp³-hybridized carbons (Fsp3) is 0.421. The summed E-state index contributed by atoms with van der Waals surface area (Å²) in [6.07, 6.45) is 5.59. The Labute approximate surface area is 142 Å². The molecule has 0 aliphatic carbocycles. The van der Waals surface area contributed by atoms with Gasteiger partial charge in [0.2, 0.25) is 5.91 Å². The molecule has 1 aromatic carbocycles. The Morgan fingerprint density at radius 1 is 1.29 bits per heavy atom. The standard InChI is InChI=1S/C19H22N4O/c1-2-17(23-12-6-11-21-23)18(24)22-13-9-19(15-20,10-14-22)16-7-4-3-5-8-16/h3-8,11-12,17H,2,9-10,13-14H2,1H3. The van der Waals surface area contributed by atoms with Crippen molar-refractivity contribution in [2.45, 2.75) is 37.6 Å². The number of carbonyl (C=O) groups is 1. The molecule has 1 aliphatic heterocycles. The number of benzene rings is 1. The molecule has 5 heteroatoms. The van der Waals surface area contributed by atoms with E-state index in [9.17, 15) is 10.1 Å². The lowest BCUT2D eigenvalue weighted by atomic mass is 9.74. The summed E-state index contributed by atoms with van der Waals surface area (Å²) >= 11 is 0. The van der Waals surface area contributed by atoms with E-state index >= 15 is 0 Å². The summed E-state index contributed by atoms with van der Waals surface area (Å²) in [4.78, 5) is 14.7. The number of likely N-dealkylation sites (tertiary alicyclic amines) is 1. The first-order valence-corrected chi connectivity index (χ1v) is 8.45. The van der Waals surface area contributed by atoms with Gasteiger partial charge in [-0.25, -0.2) is 0 Å². The number of aromatic nitrogens is 2. The van der Waals surface area contributed by atoms with Crippen molar-refractivity contribution >= 4 is 5.91 Å². The zero-order chi connectivity index (χ0) is 17.0. The second kappa shape index (κ2) is 6.88. The predicted molar refractivity (Wildman–Crippen MR) is 91.1 cm³/mol. The number of nitriles is 1. The van der Waals surface area contributed by atoms with E-state index in [1.807, 2.05) is 54.4 Å². The molecule has 1 fully saturated rings. The van der Waals surface area contributed by atoms with Gasteiger partial charge < -0.3 is 4.90 Å². The molecule has 0 bridgehead atoms. The molecular weight excluding hydrogens is 300 g/mol. The van der Waals surface area contributed by atoms with E-state index in [1.54, 1.807) is 10.9 Å². The molecule has 2 aromatic rings. The van der Waals surface area contributed by atoms with Gasteiger partial charge in [0.15, 0.2) is 0 Å². The average Bonchev–Trinajstić information content (AvgIpc) is 3.17. The van der Waals surface area contributed by atoms with Crippen LogP contribution >= 0.6 is 0 Å². The zero-order valence-corrected chi connectivity index (χ0v) is 13.9. The highest BCUT2D eigenvalue weighted by atomic mass is 16.2. The molecule has 0 spiro atoms. The Morgan fingerprint density at radius 3 is 2.54 bits per heavy atom. The fourth-order valence-corrected chi connectivity index (χ4v) is 3.48. The number of rotatable bonds is 4. The van der Waals surface area contributed by atoms with Crippen LogP contribution in [0.1, 0.15) is 37.8 Å². The van der Waals surface area contributed by atoms with Crippen LogP contribution in [0.4, 0.5) is 0 Å². The first kappa shape index (κ1) is 16.3. The third kappa shape index (κ3) is 2.92. The molecule has 24 heavy (non-hydrogen) atoms. The number of hydrogen-bond donors (Lipinski definition) is 0. The average molecular weight is 322 g/mol. The lowest BCUT2D eigenvalue weighted by Crippen LogP contribution is -2.47. The number of carbonyl (C=O) groups excluding carboxylic acids is 1. The molecule has 3 rings (SSSR count). The quantitative estimate of drug-likeness (QED) is 0.869. The van der Waals surface area contributed by atoms with E-state index in [2.05, 4.69) is 11.2 Å². The summed E-state index contributed by atoms with van der Waals surface area (Å²) in [5, 5.41) is 14.0. The Balaban J connectivity index is 1.72. The normalized spacial score (nSPS) is 17.9. The van der Waals surface area contributed by atoms with Crippen LogP contribution in [-0.4, -0.2) is 33.7 Å². The van der Waals surface area contributed by atoms with E-state index in [0.717, 1.165) is 5.56 Å². The van der Waals surface area contributed by atoms with Crippen molar-refractivity contribution in [1.29, 1.82) is 5.26 Å². The van der Waals surface area contributed by atoms with E-state index in [1.165, 1.54) is 0 Å². The minimum absolute atomic E-state index is 0.0980. The summed E-state index contributed by atoms with van der Waals surface area (Å²) in [7, 11) is 0. The van der Waals surface area contributed by atoms with Gasteiger partial charge in [0.25, 0.3) is 0 Å². The lowest BCUT2D eigenvalue weighted by Gasteiger charge is -2.38. The predicted octanol–water partition coefficient (Wildman–Crippen LogP) is 2.92. The number of hydrogen-bond acceptors (Lipinski definition) is 3. The van der Waals surface area contributed by atoms with E-state index < -0.39 is 5.41 Å². The Bertz CT molecular complexity index is 710. The smallest absolute Gasteiger partial charge is 0.247 e. The van der Waals surface area contributed by atoms with E-state index in [4.69, 9.17) is 0 Å². The van der Waals surface area contributed by atoms with Gasteiger partial charge in [-0.05, 0) is 30.9 Å². The van der Waals surface area contributed by atoms with Crippen molar-refractivity contribution in [1.82, 2.24) is 14.7 Å². The van der Waals surface area contributed by atoms with Crippen molar-refractivity contribution in [2.75, 3.05) is 13.1 Å². The first-order valence-electron chi connectivity index (χ1n) is 8.45. The van der Waals surface area contributed by atoms with Crippen LogP contribution in [0.5, 0.6) is 0 Å². The highest BCUT2D eigenvalue weighted by Crippen LogP contribution is 2.35. The molecule has 124 valence electrons. The summed E-state index contributed by atoms with van der Waals surface area (Å²) in [6.45, 7) is 3.22. The van der Waals surface area contributed by atoms with Crippen molar-refractivity contribution in [3.05, 3.63) is 54.4 Å². The maximum Gasteiger partial charge on any atom is 0.247 e. The summed E-state index contributed by atoms with van der Waals surface area (Å²) < 4.78 is 1.73. The molecule has 2 heterocycles. The molecule has 1 aliphatic rings. The highest BCUT2D eigenvalue weighted by molar-refractivity contribution is 5.80. The van der Waals surface area contributed by atoms with Gasteiger partial charge in [0.1, 0.15) is 6.04 Å². The molecular formula is C19H22N4O. The maximum atomic E-state index is 12.8. The summed E-state index contributed by atoms with van der Waals surface area (Å²) in [6, 6.07) is 14.0. The molecule has 0 saturated carbocycles. The van der Waals surface area contributed by atoms with Crippen LogP contribution in [-0.2, 0) is 10.2 Å². The second-order valence-corrected chi connectivity index (χ2v) is 6.30. The summed E-state index contributed by atoms with van der Waals surface area (Å²) in [5.74, 6) is 0.0980. The van der Waals surface area contributed by atoms with Gasteiger partial charge in [0, 0.05) is 25.5 Å². The number of piperidine rings is 1. The maximum absolute atomic E-state index is 12.8. The minimum Gasteiger partial charge on any atom is -0.341 e.